The van der Waals surface area contributed by atoms with Crippen LogP contribution in [0.3, 0.4) is 0 Å². The largest absolute Gasteiger partial charge is 0.325 e. The molecule has 1 aromatic carbocycles. The van der Waals surface area contributed by atoms with Crippen molar-refractivity contribution in [3.8, 4) is 0 Å². The lowest BCUT2D eigenvalue weighted by molar-refractivity contribution is -0.113. The van der Waals surface area contributed by atoms with E-state index in [0.717, 1.165) is 15.7 Å². The minimum atomic E-state index is 0.0478. The van der Waals surface area contributed by atoms with Crippen LogP contribution in [0.1, 0.15) is 26.3 Å². The Morgan fingerprint density at radius 1 is 1.41 bits per heavy atom. The predicted octanol–water partition coefficient (Wildman–Crippen LogP) is 4.23. The number of nitrogens with one attached hydrogen (secondary N) is 1. The van der Waals surface area contributed by atoms with Gasteiger partial charge in [-0.05, 0) is 30.7 Å². The average molecular weight is 316 g/mol. The van der Waals surface area contributed by atoms with E-state index in [0.29, 0.717) is 5.75 Å². The van der Waals surface area contributed by atoms with Crippen molar-refractivity contribution >= 4 is 39.3 Å². The first-order valence-electron chi connectivity index (χ1n) is 5.48. The fourth-order valence-corrected chi connectivity index (χ4v) is 2.08. The number of anilines is 1. The minimum absolute atomic E-state index is 0.0478. The summed E-state index contributed by atoms with van der Waals surface area (Å²) in [6.07, 6.45) is 0. The van der Waals surface area contributed by atoms with E-state index in [2.05, 4.69) is 42.0 Å². The Bertz CT molecular complexity index is 412. The Labute approximate surface area is 116 Å². The summed E-state index contributed by atoms with van der Waals surface area (Å²) in [7, 11) is 0. The quantitative estimate of drug-likeness (QED) is 0.904. The SMILES string of the molecule is Cc1cc(NC(=O)CSC(C)(C)C)ccc1Br. The third-order valence-corrected chi connectivity index (χ3v) is 4.24. The topological polar surface area (TPSA) is 29.1 Å². The zero-order chi connectivity index (χ0) is 13.1. The van der Waals surface area contributed by atoms with E-state index in [1.54, 1.807) is 11.8 Å². The van der Waals surface area contributed by atoms with E-state index >= 15 is 0 Å². The fraction of sp³-hybridized carbons (Fsp3) is 0.462. The van der Waals surface area contributed by atoms with E-state index in [9.17, 15) is 4.79 Å². The molecule has 0 bridgehead atoms. The molecule has 4 heteroatoms. The van der Waals surface area contributed by atoms with Gasteiger partial charge in [-0.2, -0.15) is 0 Å². The Balaban J connectivity index is 2.54. The summed E-state index contributed by atoms with van der Waals surface area (Å²) in [4.78, 5) is 11.7. The van der Waals surface area contributed by atoms with Gasteiger partial charge in [0.05, 0.1) is 5.75 Å². The van der Waals surface area contributed by atoms with Crippen LogP contribution in [0.15, 0.2) is 22.7 Å². The molecule has 1 rings (SSSR count). The summed E-state index contributed by atoms with van der Waals surface area (Å²) in [5, 5.41) is 2.90. The third-order valence-electron chi connectivity index (χ3n) is 2.08. The molecule has 0 atom stereocenters. The van der Waals surface area contributed by atoms with Crippen molar-refractivity contribution in [3.05, 3.63) is 28.2 Å². The van der Waals surface area contributed by atoms with Gasteiger partial charge in [-0.1, -0.05) is 36.7 Å². The molecule has 0 aliphatic carbocycles. The molecule has 0 spiro atoms. The number of hydrogen-bond acceptors (Lipinski definition) is 2. The molecule has 0 unspecified atom stereocenters. The first-order valence-corrected chi connectivity index (χ1v) is 7.26. The number of benzene rings is 1. The van der Waals surface area contributed by atoms with Crippen molar-refractivity contribution in [3.63, 3.8) is 0 Å². The lowest BCUT2D eigenvalue weighted by Gasteiger charge is -2.17. The summed E-state index contributed by atoms with van der Waals surface area (Å²) < 4.78 is 1.17. The second kappa shape index (κ2) is 5.91. The summed E-state index contributed by atoms with van der Waals surface area (Å²) >= 11 is 5.08. The summed E-state index contributed by atoms with van der Waals surface area (Å²) in [5.74, 6) is 0.533. The van der Waals surface area contributed by atoms with Crippen LogP contribution < -0.4 is 5.32 Å². The lowest BCUT2D eigenvalue weighted by Crippen LogP contribution is -2.18. The van der Waals surface area contributed by atoms with Crippen molar-refractivity contribution in [1.82, 2.24) is 0 Å². The third kappa shape index (κ3) is 5.59. The highest BCUT2D eigenvalue weighted by Crippen LogP contribution is 2.24. The molecule has 0 fully saturated rings. The van der Waals surface area contributed by atoms with Crippen molar-refractivity contribution in [2.24, 2.45) is 0 Å². The zero-order valence-corrected chi connectivity index (χ0v) is 13.0. The zero-order valence-electron chi connectivity index (χ0n) is 10.6. The molecule has 94 valence electrons. The summed E-state index contributed by atoms with van der Waals surface area (Å²) in [6, 6.07) is 5.81. The van der Waals surface area contributed by atoms with Gasteiger partial charge in [0.2, 0.25) is 5.91 Å². The van der Waals surface area contributed by atoms with E-state index in [4.69, 9.17) is 0 Å². The molecule has 0 saturated carbocycles. The Morgan fingerprint density at radius 3 is 2.59 bits per heavy atom. The van der Waals surface area contributed by atoms with Crippen molar-refractivity contribution in [2.75, 3.05) is 11.1 Å². The van der Waals surface area contributed by atoms with Gasteiger partial charge < -0.3 is 5.32 Å². The van der Waals surface area contributed by atoms with E-state index in [1.165, 1.54) is 0 Å². The van der Waals surface area contributed by atoms with Crippen LogP contribution >= 0.6 is 27.7 Å². The van der Waals surface area contributed by atoms with Crippen LogP contribution in [-0.4, -0.2) is 16.4 Å². The van der Waals surface area contributed by atoms with Crippen molar-refractivity contribution < 1.29 is 4.79 Å². The van der Waals surface area contributed by atoms with Gasteiger partial charge in [0.1, 0.15) is 0 Å². The molecule has 0 radical (unpaired) electrons. The first-order chi connectivity index (χ1) is 7.78. The highest BCUT2D eigenvalue weighted by atomic mass is 79.9. The van der Waals surface area contributed by atoms with Crippen LogP contribution in [0.5, 0.6) is 0 Å². The van der Waals surface area contributed by atoms with E-state index < -0.39 is 0 Å². The molecule has 0 aliphatic heterocycles. The first kappa shape index (κ1) is 14.6. The number of rotatable bonds is 3. The van der Waals surface area contributed by atoms with Crippen LogP contribution in [-0.2, 0) is 4.79 Å². The van der Waals surface area contributed by atoms with Crippen LogP contribution in [0.25, 0.3) is 0 Å². The molecular formula is C13H18BrNOS. The van der Waals surface area contributed by atoms with Crippen molar-refractivity contribution in [2.45, 2.75) is 32.4 Å². The number of carbonyl (C=O) groups excluding carboxylic acids is 1. The highest BCUT2D eigenvalue weighted by molar-refractivity contribution is 9.10. The second-order valence-electron chi connectivity index (χ2n) is 4.91. The maximum atomic E-state index is 11.7. The van der Waals surface area contributed by atoms with E-state index in [-0.39, 0.29) is 10.7 Å². The van der Waals surface area contributed by atoms with Gasteiger partial charge in [0, 0.05) is 14.9 Å². The maximum Gasteiger partial charge on any atom is 0.234 e. The normalized spacial score (nSPS) is 11.4. The highest BCUT2D eigenvalue weighted by Gasteiger charge is 2.13. The number of amides is 1. The second-order valence-corrected chi connectivity index (χ2v) is 7.57. The number of hydrogen-bond donors (Lipinski definition) is 1. The predicted molar refractivity (Wildman–Crippen MR) is 79.7 cm³/mol. The monoisotopic (exact) mass is 315 g/mol. The molecule has 2 nitrogen and oxygen atoms in total. The number of halogens is 1. The Hall–Kier alpha value is -0.480. The van der Waals surface area contributed by atoms with Crippen LogP contribution in [0.2, 0.25) is 0 Å². The number of carbonyl (C=O) groups is 1. The molecule has 1 N–H and O–H groups in total. The maximum absolute atomic E-state index is 11.7. The molecular weight excluding hydrogens is 298 g/mol. The van der Waals surface area contributed by atoms with Crippen LogP contribution in [0, 0.1) is 6.92 Å². The van der Waals surface area contributed by atoms with Gasteiger partial charge >= 0.3 is 0 Å². The van der Waals surface area contributed by atoms with E-state index in [1.807, 2.05) is 25.1 Å². The molecule has 0 aromatic heterocycles. The molecule has 0 heterocycles. The molecule has 1 amide bonds. The molecule has 0 aliphatic rings. The Kier molecular flexibility index (Phi) is 5.07. The Morgan fingerprint density at radius 2 is 2.06 bits per heavy atom. The average Bonchev–Trinajstić information content (AvgIpc) is 2.20. The smallest absolute Gasteiger partial charge is 0.234 e. The van der Waals surface area contributed by atoms with Gasteiger partial charge in [-0.15, -0.1) is 11.8 Å². The standard InChI is InChI=1S/C13H18BrNOS/c1-9-7-10(5-6-11(9)14)15-12(16)8-17-13(2,3)4/h5-7H,8H2,1-4H3,(H,15,16). The summed E-state index contributed by atoms with van der Waals surface area (Å²) in [6.45, 7) is 8.32. The van der Waals surface area contributed by atoms with Gasteiger partial charge in [0.25, 0.3) is 0 Å². The van der Waals surface area contributed by atoms with Gasteiger partial charge in [-0.3, -0.25) is 4.79 Å². The molecule has 0 saturated heterocycles. The molecule has 17 heavy (non-hydrogen) atoms. The molecule has 1 aromatic rings. The minimum Gasteiger partial charge on any atom is -0.325 e. The fourth-order valence-electron chi connectivity index (χ4n) is 1.20. The summed E-state index contributed by atoms with van der Waals surface area (Å²) in [5.41, 5.74) is 1.97. The van der Waals surface area contributed by atoms with Crippen molar-refractivity contribution in [1.29, 1.82) is 0 Å². The van der Waals surface area contributed by atoms with Gasteiger partial charge in [-0.25, -0.2) is 0 Å². The van der Waals surface area contributed by atoms with Gasteiger partial charge in [0.15, 0.2) is 0 Å². The number of thioether (sulfide) groups is 1. The van der Waals surface area contributed by atoms with Crippen LogP contribution in [0.4, 0.5) is 5.69 Å². The number of aryl methyl sites for hydroxylation is 1. The lowest BCUT2D eigenvalue weighted by atomic mass is 10.2.